The smallest absolute Gasteiger partial charge is 0.0841 e. The number of hydrogen-bond donors (Lipinski definition) is 0. The van der Waals surface area contributed by atoms with E-state index >= 15 is 0 Å². The summed E-state index contributed by atoms with van der Waals surface area (Å²) in [6.07, 6.45) is 22.2. The molecule has 4 unspecified atom stereocenters. The van der Waals surface area contributed by atoms with Crippen LogP contribution in [0.4, 0.5) is 0 Å². The Morgan fingerprint density at radius 3 is 1.58 bits per heavy atom. The Kier molecular flexibility index (Phi) is 13.0. The Labute approximate surface area is 153 Å². The summed E-state index contributed by atoms with van der Waals surface area (Å²) < 4.78 is 5.87. The highest BCUT2D eigenvalue weighted by atomic mass is 16.6. The Morgan fingerprint density at radius 2 is 1.08 bits per heavy atom. The molecule has 1 nitrogen and oxygen atoms in total. The lowest BCUT2D eigenvalue weighted by molar-refractivity contribution is 0.343. The molecule has 0 N–H and O–H groups in total. The van der Waals surface area contributed by atoms with Crippen LogP contribution in [-0.2, 0) is 4.74 Å². The molecule has 0 aliphatic carbocycles. The SMILES string of the molecule is CCCCCCC(C)CCCCC1OC1CCCCC(C)CCC. The van der Waals surface area contributed by atoms with Gasteiger partial charge in [-0.2, -0.15) is 0 Å². The van der Waals surface area contributed by atoms with Crippen molar-refractivity contribution in [1.82, 2.24) is 0 Å². The van der Waals surface area contributed by atoms with Gasteiger partial charge in [-0.15, -0.1) is 0 Å². The summed E-state index contributed by atoms with van der Waals surface area (Å²) in [5.41, 5.74) is 0. The van der Waals surface area contributed by atoms with Crippen molar-refractivity contribution < 1.29 is 4.74 Å². The van der Waals surface area contributed by atoms with Crippen LogP contribution in [0.1, 0.15) is 124 Å². The predicted molar refractivity (Wildman–Crippen MR) is 108 cm³/mol. The van der Waals surface area contributed by atoms with E-state index in [1.807, 2.05) is 0 Å². The van der Waals surface area contributed by atoms with E-state index < -0.39 is 0 Å². The number of epoxide rings is 1. The summed E-state index contributed by atoms with van der Waals surface area (Å²) in [6.45, 7) is 9.45. The second-order valence-corrected chi connectivity index (χ2v) is 8.63. The van der Waals surface area contributed by atoms with E-state index in [0.29, 0.717) is 12.2 Å². The molecule has 0 bridgehead atoms. The first kappa shape index (κ1) is 22.0. The maximum Gasteiger partial charge on any atom is 0.0841 e. The molecule has 1 saturated heterocycles. The normalized spacial score (nSPS) is 22.5. The molecule has 1 rings (SSSR count). The summed E-state index contributed by atoms with van der Waals surface area (Å²) in [7, 11) is 0. The van der Waals surface area contributed by atoms with Gasteiger partial charge in [0, 0.05) is 0 Å². The molecule has 1 fully saturated rings. The van der Waals surface area contributed by atoms with Crippen molar-refractivity contribution in [3.63, 3.8) is 0 Å². The summed E-state index contributed by atoms with van der Waals surface area (Å²) in [5, 5.41) is 0. The average Bonchev–Trinajstić information content (AvgIpc) is 3.31. The number of rotatable bonds is 17. The van der Waals surface area contributed by atoms with E-state index in [1.54, 1.807) is 0 Å². The lowest BCUT2D eigenvalue weighted by Crippen LogP contribution is -1.98. The van der Waals surface area contributed by atoms with Crippen LogP contribution in [0.2, 0.25) is 0 Å². The van der Waals surface area contributed by atoms with Crippen LogP contribution in [0.3, 0.4) is 0 Å². The van der Waals surface area contributed by atoms with Gasteiger partial charge >= 0.3 is 0 Å². The molecule has 0 aromatic rings. The van der Waals surface area contributed by atoms with Crippen molar-refractivity contribution in [3.8, 4) is 0 Å². The Hall–Kier alpha value is -0.0400. The number of hydrogen-bond acceptors (Lipinski definition) is 1. The molecular weight excluding hydrogens is 292 g/mol. The van der Waals surface area contributed by atoms with Crippen molar-refractivity contribution in [2.75, 3.05) is 0 Å². The van der Waals surface area contributed by atoms with Gasteiger partial charge in [-0.25, -0.2) is 0 Å². The standard InChI is InChI=1S/C23H46O/c1-5-7-8-9-15-21(4)17-11-13-19-23-22(24-23)18-12-10-16-20(3)14-6-2/h20-23H,5-19H2,1-4H3. The predicted octanol–water partition coefficient (Wildman–Crippen LogP) is 7.92. The highest BCUT2D eigenvalue weighted by Gasteiger charge is 2.36. The minimum absolute atomic E-state index is 0.623. The Morgan fingerprint density at radius 1 is 0.583 bits per heavy atom. The first-order valence-electron chi connectivity index (χ1n) is 11.3. The van der Waals surface area contributed by atoms with Gasteiger partial charge in [-0.1, -0.05) is 111 Å². The van der Waals surface area contributed by atoms with Gasteiger partial charge in [0.1, 0.15) is 0 Å². The summed E-state index contributed by atoms with van der Waals surface area (Å²) in [6, 6.07) is 0. The molecule has 1 heteroatoms. The second kappa shape index (κ2) is 14.2. The summed E-state index contributed by atoms with van der Waals surface area (Å²) in [4.78, 5) is 0. The second-order valence-electron chi connectivity index (χ2n) is 8.63. The quantitative estimate of drug-likeness (QED) is 0.194. The zero-order valence-electron chi connectivity index (χ0n) is 17.3. The van der Waals surface area contributed by atoms with Crippen molar-refractivity contribution in [2.45, 2.75) is 136 Å². The van der Waals surface area contributed by atoms with Crippen molar-refractivity contribution in [1.29, 1.82) is 0 Å². The van der Waals surface area contributed by atoms with Crippen molar-refractivity contribution >= 4 is 0 Å². The van der Waals surface area contributed by atoms with Crippen LogP contribution >= 0.6 is 0 Å². The van der Waals surface area contributed by atoms with Gasteiger partial charge in [-0.05, 0) is 24.7 Å². The third-order valence-electron chi connectivity index (χ3n) is 5.89. The number of ether oxygens (including phenoxy) is 1. The molecule has 0 spiro atoms. The third-order valence-corrected chi connectivity index (χ3v) is 5.89. The van der Waals surface area contributed by atoms with Gasteiger partial charge in [0.15, 0.2) is 0 Å². The summed E-state index contributed by atoms with van der Waals surface area (Å²) >= 11 is 0. The van der Waals surface area contributed by atoms with E-state index in [4.69, 9.17) is 4.74 Å². The van der Waals surface area contributed by atoms with E-state index in [1.165, 1.54) is 96.3 Å². The molecule has 0 aromatic carbocycles. The highest BCUT2D eigenvalue weighted by molar-refractivity contribution is 4.84. The first-order valence-corrected chi connectivity index (χ1v) is 11.3. The highest BCUT2D eigenvalue weighted by Crippen LogP contribution is 2.32. The summed E-state index contributed by atoms with van der Waals surface area (Å²) in [5.74, 6) is 1.86. The molecule has 0 radical (unpaired) electrons. The van der Waals surface area contributed by atoms with E-state index in [-0.39, 0.29) is 0 Å². The largest absolute Gasteiger partial charge is 0.370 e. The van der Waals surface area contributed by atoms with Crippen molar-refractivity contribution in [2.24, 2.45) is 11.8 Å². The third kappa shape index (κ3) is 11.5. The van der Waals surface area contributed by atoms with E-state index in [2.05, 4.69) is 27.7 Å². The van der Waals surface area contributed by atoms with Gasteiger partial charge in [0.2, 0.25) is 0 Å². The zero-order valence-corrected chi connectivity index (χ0v) is 17.3. The topological polar surface area (TPSA) is 12.5 Å². The van der Waals surface area contributed by atoms with Crippen molar-refractivity contribution in [3.05, 3.63) is 0 Å². The van der Waals surface area contributed by atoms with Gasteiger partial charge < -0.3 is 4.74 Å². The Bertz CT molecular complexity index is 275. The number of unbranched alkanes of at least 4 members (excludes halogenated alkanes) is 5. The monoisotopic (exact) mass is 338 g/mol. The fourth-order valence-corrected chi connectivity index (χ4v) is 4.06. The lowest BCUT2D eigenvalue weighted by Gasteiger charge is -2.10. The first-order chi connectivity index (χ1) is 11.7. The molecular formula is C23H46O. The van der Waals surface area contributed by atoms with Crippen LogP contribution in [0, 0.1) is 11.8 Å². The molecule has 1 aliphatic heterocycles. The molecule has 0 aromatic heterocycles. The van der Waals surface area contributed by atoms with Gasteiger partial charge in [0.25, 0.3) is 0 Å². The van der Waals surface area contributed by atoms with Crippen LogP contribution in [0.5, 0.6) is 0 Å². The van der Waals surface area contributed by atoms with Gasteiger partial charge in [-0.3, -0.25) is 0 Å². The maximum atomic E-state index is 5.87. The zero-order chi connectivity index (χ0) is 17.6. The van der Waals surface area contributed by atoms with E-state index in [0.717, 1.165) is 11.8 Å². The minimum atomic E-state index is 0.623. The van der Waals surface area contributed by atoms with E-state index in [9.17, 15) is 0 Å². The van der Waals surface area contributed by atoms with Gasteiger partial charge in [0.05, 0.1) is 12.2 Å². The minimum Gasteiger partial charge on any atom is -0.370 e. The molecule has 1 aliphatic rings. The lowest BCUT2D eigenvalue weighted by atomic mass is 9.95. The molecule has 1 heterocycles. The fraction of sp³-hybridized carbons (Fsp3) is 1.00. The average molecular weight is 339 g/mol. The van der Waals surface area contributed by atoms with Crippen LogP contribution in [0.15, 0.2) is 0 Å². The maximum absolute atomic E-state index is 5.87. The molecule has 0 saturated carbocycles. The molecule has 4 atom stereocenters. The molecule has 144 valence electrons. The molecule has 24 heavy (non-hydrogen) atoms. The Balaban J connectivity index is 1.85. The van der Waals surface area contributed by atoms with Crippen LogP contribution in [-0.4, -0.2) is 12.2 Å². The fourth-order valence-electron chi connectivity index (χ4n) is 4.06. The van der Waals surface area contributed by atoms with Crippen LogP contribution < -0.4 is 0 Å². The molecule has 0 amide bonds. The van der Waals surface area contributed by atoms with Crippen LogP contribution in [0.25, 0.3) is 0 Å².